The Kier molecular flexibility index (Phi) is 2.83. The summed E-state index contributed by atoms with van der Waals surface area (Å²) in [6.45, 7) is 0. The Hall–Kier alpha value is -2.14. The van der Waals surface area contributed by atoms with Gasteiger partial charge >= 0.3 is 6.01 Å². The van der Waals surface area contributed by atoms with Crippen molar-refractivity contribution in [1.82, 2.24) is 4.98 Å². The smallest absolute Gasteiger partial charge is 0.331 e. The number of nitrogens with zero attached hydrogens (tertiary/aromatic N) is 2. The maximum absolute atomic E-state index is 12.6. The highest BCUT2D eigenvalue weighted by Crippen LogP contribution is 2.23. The number of hydrogen-bond donors (Lipinski definition) is 0. The first-order valence-corrected chi connectivity index (χ1v) is 7.70. The lowest BCUT2D eigenvalue weighted by atomic mass is 10.3. The summed E-state index contributed by atoms with van der Waals surface area (Å²) >= 11 is 0. The van der Waals surface area contributed by atoms with Gasteiger partial charge in [-0.1, -0.05) is 30.3 Å². The summed E-state index contributed by atoms with van der Waals surface area (Å²) in [7, 11) is -2.54. The normalized spacial score (nSPS) is 14.2. The lowest BCUT2D eigenvalue weighted by molar-refractivity contribution is 0.612. The standard InChI is InChI=1S/C14H12N2O2S/c1-19(17,11-7-3-2-4-8-11)16-14-15-12-9-5-6-10-13(12)18-14/h2-10H,1H3. The molecule has 0 aliphatic rings. The molecule has 1 unspecified atom stereocenters. The molecule has 0 bridgehead atoms. The van der Waals surface area contributed by atoms with Gasteiger partial charge in [-0.25, -0.2) is 4.21 Å². The minimum absolute atomic E-state index is 0.151. The fraction of sp³-hybridized carbons (Fsp3) is 0.0714. The van der Waals surface area contributed by atoms with Gasteiger partial charge in [0.15, 0.2) is 5.58 Å². The van der Waals surface area contributed by atoms with Crippen molar-refractivity contribution in [2.24, 2.45) is 4.36 Å². The zero-order valence-corrected chi connectivity index (χ0v) is 11.1. The minimum Gasteiger partial charge on any atom is -0.422 e. The summed E-state index contributed by atoms with van der Waals surface area (Å²) in [6, 6.07) is 16.6. The summed E-state index contributed by atoms with van der Waals surface area (Å²) in [4.78, 5) is 4.88. The van der Waals surface area contributed by atoms with Crippen molar-refractivity contribution >= 4 is 26.8 Å². The molecular weight excluding hydrogens is 260 g/mol. The molecule has 2 aromatic carbocycles. The van der Waals surface area contributed by atoms with E-state index >= 15 is 0 Å². The van der Waals surface area contributed by atoms with Crippen LogP contribution in [0.3, 0.4) is 0 Å². The molecule has 3 rings (SSSR count). The Bertz CT molecular complexity index is 798. The van der Waals surface area contributed by atoms with Crippen LogP contribution in [-0.4, -0.2) is 15.4 Å². The van der Waals surface area contributed by atoms with Crippen LogP contribution in [-0.2, 0) is 9.73 Å². The monoisotopic (exact) mass is 272 g/mol. The van der Waals surface area contributed by atoms with Crippen LogP contribution in [0.25, 0.3) is 11.1 Å². The zero-order chi connectivity index (χ0) is 13.3. The van der Waals surface area contributed by atoms with E-state index in [0.717, 1.165) is 0 Å². The molecule has 96 valence electrons. The highest BCUT2D eigenvalue weighted by Gasteiger charge is 2.09. The SMILES string of the molecule is CS(=O)(=Nc1nc2ccccc2o1)c1ccccc1. The van der Waals surface area contributed by atoms with Crippen LogP contribution in [0, 0.1) is 0 Å². The van der Waals surface area contributed by atoms with Crippen molar-refractivity contribution in [2.75, 3.05) is 6.26 Å². The van der Waals surface area contributed by atoms with Gasteiger partial charge in [0, 0.05) is 11.2 Å². The van der Waals surface area contributed by atoms with Gasteiger partial charge in [0.05, 0.1) is 9.73 Å². The van der Waals surface area contributed by atoms with Crippen molar-refractivity contribution < 1.29 is 8.63 Å². The quantitative estimate of drug-likeness (QED) is 0.716. The third kappa shape index (κ3) is 2.37. The number of aromatic nitrogens is 1. The van der Waals surface area contributed by atoms with Gasteiger partial charge in [0.1, 0.15) is 5.52 Å². The first kappa shape index (κ1) is 11.9. The average molecular weight is 272 g/mol. The molecule has 1 atom stereocenters. The van der Waals surface area contributed by atoms with Gasteiger partial charge in [-0.3, -0.25) is 0 Å². The molecule has 0 fully saturated rings. The maximum Gasteiger partial charge on any atom is 0.331 e. The van der Waals surface area contributed by atoms with Gasteiger partial charge in [-0.15, -0.1) is 4.36 Å². The van der Waals surface area contributed by atoms with Crippen LogP contribution < -0.4 is 0 Å². The van der Waals surface area contributed by atoms with E-state index in [-0.39, 0.29) is 6.01 Å². The molecule has 0 saturated carbocycles. The summed E-state index contributed by atoms with van der Waals surface area (Å²) in [5.41, 5.74) is 1.36. The van der Waals surface area contributed by atoms with Crippen LogP contribution in [0.1, 0.15) is 0 Å². The van der Waals surface area contributed by atoms with Crippen LogP contribution in [0.15, 0.2) is 68.3 Å². The molecule has 5 heteroatoms. The van der Waals surface area contributed by atoms with E-state index in [2.05, 4.69) is 9.35 Å². The van der Waals surface area contributed by atoms with Crippen molar-refractivity contribution in [2.45, 2.75) is 4.90 Å². The number of hydrogen-bond acceptors (Lipinski definition) is 4. The minimum atomic E-state index is -2.54. The predicted octanol–water partition coefficient (Wildman–Crippen LogP) is 3.62. The van der Waals surface area contributed by atoms with E-state index in [1.165, 1.54) is 0 Å². The van der Waals surface area contributed by atoms with E-state index < -0.39 is 9.73 Å². The lowest BCUT2D eigenvalue weighted by Gasteiger charge is -2.01. The second-order valence-corrected chi connectivity index (χ2v) is 6.43. The molecule has 1 heterocycles. The van der Waals surface area contributed by atoms with Gasteiger partial charge in [-0.05, 0) is 24.3 Å². The van der Waals surface area contributed by atoms with E-state index in [0.29, 0.717) is 16.0 Å². The third-order valence-corrected chi connectivity index (χ3v) is 4.37. The second kappa shape index (κ2) is 4.51. The number of oxazole rings is 1. The van der Waals surface area contributed by atoms with Crippen molar-refractivity contribution in [3.8, 4) is 0 Å². The topological polar surface area (TPSA) is 55.5 Å². The van der Waals surface area contributed by atoms with E-state index in [1.54, 1.807) is 24.5 Å². The molecule has 19 heavy (non-hydrogen) atoms. The molecule has 0 aliphatic heterocycles. The van der Waals surface area contributed by atoms with Crippen molar-refractivity contribution in [3.63, 3.8) is 0 Å². The first-order chi connectivity index (χ1) is 9.15. The van der Waals surface area contributed by atoms with Gasteiger partial charge in [-0.2, -0.15) is 4.98 Å². The molecule has 0 radical (unpaired) electrons. The Morgan fingerprint density at radius 2 is 1.74 bits per heavy atom. The molecule has 0 saturated heterocycles. The van der Waals surface area contributed by atoms with E-state index in [1.807, 2.05) is 36.4 Å². The van der Waals surface area contributed by atoms with Gasteiger partial charge < -0.3 is 4.42 Å². The Morgan fingerprint density at radius 3 is 2.47 bits per heavy atom. The molecule has 0 spiro atoms. The van der Waals surface area contributed by atoms with Crippen molar-refractivity contribution in [3.05, 3.63) is 54.6 Å². The average Bonchev–Trinajstić information content (AvgIpc) is 2.81. The molecule has 4 nitrogen and oxygen atoms in total. The van der Waals surface area contributed by atoms with Gasteiger partial charge in [0.25, 0.3) is 0 Å². The van der Waals surface area contributed by atoms with E-state index in [9.17, 15) is 4.21 Å². The molecule has 3 aromatic rings. The molecule has 0 N–H and O–H groups in total. The van der Waals surface area contributed by atoms with Crippen LogP contribution in [0.2, 0.25) is 0 Å². The molecule has 0 aliphatic carbocycles. The fourth-order valence-corrected chi connectivity index (χ4v) is 2.92. The number of rotatable bonds is 2. The van der Waals surface area contributed by atoms with Crippen LogP contribution >= 0.6 is 0 Å². The molecule has 0 amide bonds. The Morgan fingerprint density at radius 1 is 1.05 bits per heavy atom. The third-order valence-electron chi connectivity index (χ3n) is 2.72. The number of para-hydroxylation sites is 2. The molecule has 1 aromatic heterocycles. The maximum atomic E-state index is 12.6. The lowest BCUT2D eigenvalue weighted by Crippen LogP contribution is -1.96. The Balaban J connectivity index is 2.12. The van der Waals surface area contributed by atoms with Crippen LogP contribution in [0.5, 0.6) is 0 Å². The highest BCUT2D eigenvalue weighted by atomic mass is 32.2. The fourth-order valence-electron chi connectivity index (χ4n) is 1.77. The first-order valence-electron chi connectivity index (χ1n) is 5.78. The van der Waals surface area contributed by atoms with Crippen molar-refractivity contribution in [1.29, 1.82) is 0 Å². The highest BCUT2D eigenvalue weighted by molar-refractivity contribution is 7.93. The summed E-state index contributed by atoms with van der Waals surface area (Å²) in [5, 5.41) is 0. The van der Waals surface area contributed by atoms with Crippen LogP contribution in [0.4, 0.5) is 6.01 Å². The van der Waals surface area contributed by atoms with Gasteiger partial charge in [0.2, 0.25) is 0 Å². The number of fused-ring (bicyclic) bond motifs is 1. The Labute approximate surface area is 111 Å². The van der Waals surface area contributed by atoms with E-state index in [4.69, 9.17) is 4.42 Å². The second-order valence-electron chi connectivity index (χ2n) is 4.17. The number of benzene rings is 2. The predicted molar refractivity (Wildman–Crippen MR) is 74.9 cm³/mol. The zero-order valence-electron chi connectivity index (χ0n) is 10.3. The summed E-state index contributed by atoms with van der Waals surface area (Å²) in [6.07, 6.45) is 1.58. The molecular formula is C14H12N2O2S. The summed E-state index contributed by atoms with van der Waals surface area (Å²) < 4.78 is 22.2. The summed E-state index contributed by atoms with van der Waals surface area (Å²) in [5.74, 6) is 0. The largest absolute Gasteiger partial charge is 0.422 e.